The minimum absolute atomic E-state index is 0.389. The minimum atomic E-state index is 0.389. The summed E-state index contributed by atoms with van der Waals surface area (Å²) in [6, 6.07) is 0. The first-order valence-corrected chi connectivity index (χ1v) is 4.85. The quantitative estimate of drug-likeness (QED) is 0.479. The van der Waals surface area contributed by atoms with Crippen molar-refractivity contribution in [3.05, 3.63) is 12.2 Å². The van der Waals surface area contributed by atoms with Gasteiger partial charge in [0, 0.05) is 5.41 Å². The lowest BCUT2D eigenvalue weighted by atomic mass is 10.0. The first-order valence-electron chi connectivity index (χ1n) is 4.85. The molecular formula is C12H20. The summed E-state index contributed by atoms with van der Waals surface area (Å²) in [6.07, 6.45) is 0. The molecule has 0 radical (unpaired) electrons. The van der Waals surface area contributed by atoms with Crippen molar-refractivity contribution in [1.29, 1.82) is 0 Å². The number of hydrogen-bond acceptors (Lipinski definition) is 0. The molecule has 2 saturated carbocycles. The summed E-state index contributed by atoms with van der Waals surface area (Å²) >= 11 is 0. The van der Waals surface area contributed by atoms with E-state index in [1.54, 1.807) is 0 Å². The van der Waals surface area contributed by atoms with Crippen LogP contribution in [0.4, 0.5) is 0 Å². The fraction of sp³-hybridized carbons (Fsp3) is 0.833. The number of rotatable bonds is 0. The third kappa shape index (κ3) is 0.389. The van der Waals surface area contributed by atoms with Gasteiger partial charge in [-0.3, -0.25) is 0 Å². The molecule has 0 saturated heterocycles. The molecule has 0 amide bonds. The normalized spacial score (nSPS) is 36.7. The highest BCUT2D eigenvalue weighted by molar-refractivity contribution is 5.58. The zero-order chi connectivity index (χ0) is 9.58. The molecule has 0 aromatic heterocycles. The van der Waals surface area contributed by atoms with E-state index in [9.17, 15) is 0 Å². The molecule has 2 fully saturated rings. The lowest BCUT2D eigenvalue weighted by molar-refractivity contribution is 0.450. The fourth-order valence-corrected chi connectivity index (χ4v) is 4.38. The first-order chi connectivity index (χ1) is 5.15. The van der Waals surface area contributed by atoms with Crippen molar-refractivity contribution < 1.29 is 0 Å². The van der Waals surface area contributed by atoms with Crippen molar-refractivity contribution in [2.24, 2.45) is 21.7 Å². The molecule has 2 aliphatic carbocycles. The van der Waals surface area contributed by atoms with Gasteiger partial charge in [0.15, 0.2) is 0 Å². The largest absolute Gasteiger partial charge is 0.0986 e. The topological polar surface area (TPSA) is 0 Å². The molecule has 0 aromatic carbocycles. The highest BCUT2D eigenvalue weighted by Crippen LogP contribution is 2.98. The van der Waals surface area contributed by atoms with E-state index >= 15 is 0 Å². The molecule has 2 aliphatic rings. The Bertz CT molecular complexity index is 262. The van der Waals surface area contributed by atoms with Crippen molar-refractivity contribution in [3.8, 4) is 0 Å². The lowest BCUT2D eigenvalue weighted by Gasteiger charge is -2.03. The average Bonchev–Trinajstić information content (AvgIpc) is 2.41. The maximum atomic E-state index is 4.23. The van der Waals surface area contributed by atoms with Crippen LogP contribution in [-0.4, -0.2) is 0 Å². The summed E-state index contributed by atoms with van der Waals surface area (Å²) in [5.41, 5.74) is 3.23. The van der Waals surface area contributed by atoms with Crippen LogP contribution < -0.4 is 0 Å². The van der Waals surface area contributed by atoms with Gasteiger partial charge in [-0.15, -0.1) is 0 Å². The summed E-state index contributed by atoms with van der Waals surface area (Å²) in [4.78, 5) is 0. The second-order valence-corrected chi connectivity index (χ2v) is 6.10. The predicted octanol–water partition coefficient (Wildman–Crippen LogP) is 3.63. The van der Waals surface area contributed by atoms with E-state index in [2.05, 4.69) is 48.1 Å². The zero-order valence-electron chi connectivity index (χ0n) is 9.21. The molecule has 0 bridgehead atoms. The SMILES string of the molecule is C=C1C(C)(C)C12C(C)(C)C2(C)C. The molecule has 0 heterocycles. The number of allylic oxidation sites excluding steroid dienone is 1. The molecule has 0 unspecified atom stereocenters. The van der Waals surface area contributed by atoms with E-state index in [0.29, 0.717) is 21.7 Å². The summed E-state index contributed by atoms with van der Waals surface area (Å²) in [7, 11) is 0. The van der Waals surface area contributed by atoms with Gasteiger partial charge in [-0.2, -0.15) is 0 Å². The van der Waals surface area contributed by atoms with E-state index in [1.807, 2.05) is 0 Å². The molecule has 68 valence electrons. The molecule has 0 aromatic rings. The van der Waals surface area contributed by atoms with Gasteiger partial charge in [-0.05, 0) is 16.2 Å². The van der Waals surface area contributed by atoms with Crippen LogP contribution in [0.5, 0.6) is 0 Å². The maximum absolute atomic E-state index is 4.23. The molecule has 0 aliphatic heterocycles. The average molecular weight is 164 g/mol. The Hall–Kier alpha value is -0.260. The third-order valence-electron chi connectivity index (χ3n) is 5.46. The Morgan fingerprint density at radius 1 is 0.833 bits per heavy atom. The van der Waals surface area contributed by atoms with Gasteiger partial charge in [0.25, 0.3) is 0 Å². The molecular weight excluding hydrogens is 144 g/mol. The van der Waals surface area contributed by atoms with Crippen LogP contribution in [0.2, 0.25) is 0 Å². The van der Waals surface area contributed by atoms with Crippen molar-refractivity contribution in [2.45, 2.75) is 41.5 Å². The standard InChI is InChI=1S/C12H20/c1-8-9(2,3)12(8)10(4,5)11(12,6)7/h1H2,2-7H3. The van der Waals surface area contributed by atoms with Crippen LogP contribution in [0.1, 0.15) is 41.5 Å². The molecule has 0 N–H and O–H groups in total. The van der Waals surface area contributed by atoms with Crippen molar-refractivity contribution >= 4 is 0 Å². The van der Waals surface area contributed by atoms with Gasteiger partial charge >= 0.3 is 0 Å². The predicted molar refractivity (Wildman–Crippen MR) is 52.9 cm³/mol. The van der Waals surface area contributed by atoms with Crippen LogP contribution in [-0.2, 0) is 0 Å². The monoisotopic (exact) mass is 164 g/mol. The summed E-state index contributed by atoms with van der Waals surface area (Å²) in [5.74, 6) is 0. The van der Waals surface area contributed by atoms with Gasteiger partial charge in [0.2, 0.25) is 0 Å². The maximum Gasteiger partial charge on any atom is 0.0116 e. The molecule has 2 rings (SSSR count). The Morgan fingerprint density at radius 3 is 1.08 bits per heavy atom. The second-order valence-electron chi connectivity index (χ2n) is 6.10. The van der Waals surface area contributed by atoms with Crippen molar-refractivity contribution in [3.63, 3.8) is 0 Å². The van der Waals surface area contributed by atoms with Crippen molar-refractivity contribution in [2.75, 3.05) is 0 Å². The van der Waals surface area contributed by atoms with Gasteiger partial charge < -0.3 is 0 Å². The Labute approximate surface area is 76.1 Å². The summed E-state index contributed by atoms with van der Waals surface area (Å²) in [6.45, 7) is 18.4. The Morgan fingerprint density at radius 2 is 1.08 bits per heavy atom. The lowest BCUT2D eigenvalue weighted by Crippen LogP contribution is -1.97. The summed E-state index contributed by atoms with van der Waals surface area (Å²) in [5, 5.41) is 0. The minimum Gasteiger partial charge on any atom is -0.0986 e. The highest BCUT2D eigenvalue weighted by Gasteiger charge is 2.92. The van der Waals surface area contributed by atoms with E-state index in [0.717, 1.165) is 0 Å². The Kier molecular flexibility index (Phi) is 0.991. The molecule has 12 heavy (non-hydrogen) atoms. The third-order valence-corrected chi connectivity index (χ3v) is 5.46. The molecule has 1 spiro atoms. The van der Waals surface area contributed by atoms with Crippen LogP contribution in [0.25, 0.3) is 0 Å². The van der Waals surface area contributed by atoms with Gasteiger partial charge in [-0.25, -0.2) is 0 Å². The summed E-state index contributed by atoms with van der Waals surface area (Å²) < 4.78 is 0. The van der Waals surface area contributed by atoms with Crippen LogP contribution >= 0.6 is 0 Å². The molecule has 0 heteroatoms. The smallest absolute Gasteiger partial charge is 0.0116 e. The fourth-order valence-electron chi connectivity index (χ4n) is 4.38. The second kappa shape index (κ2) is 1.42. The van der Waals surface area contributed by atoms with E-state index in [1.165, 1.54) is 5.57 Å². The number of hydrogen-bond donors (Lipinski definition) is 0. The van der Waals surface area contributed by atoms with E-state index in [-0.39, 0.29) is 0 Å². The van der Waals surface area contributed by atoms with E-state index < -0.39 is 0 Å². The molecule has 0 atom stereocenters. The van der Waals surface area contributed by atoms with Gasteiger partial charge in [0.05, 0.1) is 0 Å². The van der Waals surface area contributed by atoms with Crippen LogP contribution in [0.15, 0.2) is 12.2 Å². The zero-order valence-corrected chi connectivity index (χ0v) is 9.21. The Balaban J connectivity index is 2.51. The van der Waals surface area contributed by atoms with Crippen LogP contribution in [0, 0.1) is 21.7 Å². The molecule has 0 nitrogen and oxygen atoms in total. The van der Waals surface area contributed by atoms with E-state index in [4.69, 9.17) is 0 Å². The van der Waals surface area contributed by atoms with Crippen LogP contribution in [0.3, 0.4) is 0 Å². The van der Waals surface area contributed by atoms with Gasteiger partial charge in [0.1, 0.15) is 0 Å². The van der Waals surface area contributed by atoms with Crippen molar-refractivity contribution in [1.82, 2.24) is 0 Å². The highest BCUT2D eigenvalue weighted by atomic mass is 15.0. The van der Waals surface area contributed by atoms with Gasteiger partial charge in [-0.1, -0.05) is 53.7 Å². The first kappa shape index (κ1) is 8.34.